The standard InChI is InChI=1S/C22H23N3O3/c26-22(27)17-13-18(28-16-11-4-5-12-16)19-20(14-7-6-8-14)24-25(21(19)23-17)15-9-2-1-3-10-15/h1-3,9-10,13-14,16H,4-8,11-12H2,(H,26,27). The molecule has 0 amide bonds. The summed E-state index contributed by atoms with van der Waals surface area (Å²) in [4.78, 5) is 16.2. The van der Waals surface area contributed by atoms with Crippen LogP contribution in [0.2, 0.25) is 0 Å². The molecule has 2 heterocycles. The predicted octanol–water partition coefficient (Wildman–Crippen LogP) is 4.71. The van der Waals surface area contributed by atoms with Crippen LogP contribution in [0.15, 0.2) is 36.4 Å². The number of carbonyl (C=O) groups is 1. The van der Waals surface area contributed by atoms with Crippen molar-refractivity contribution >= 4 is 17.0 Å². The molecule has 0 bridgehead atoms. The first-order valence-corrected chi connectivity index (χ1v) is 10.1. The van der Waals surface area contributed by atoms with E-state index in [4.69, 9.17) is 9.84 Å². The molecule has 0 spiro atoms. The number of pyridine rings is 1. The summed E-state index contributed by atoms with van der Waals surface area (Å²) in [7, 11) is 0. The minimum Gasteiger partial charge on any atom is -0.490 e. The number of aromatic nitrogens is 3. The average Bonchev–Trinajstić information content (AvgIpc) is 3.29. The fourth-order valence-corrected chi connectivity index (χ4v) is 4.21. The Labute approximate surface area is 163 Å². The average molecular weight is 377 g/mol. The lowest BCUT2D eigenvalue weighted by Gasteiger charge is -2.24. The Morgan fingerprint density at radius 2 is 1.82 bits per heavy atom. The minimum atomic E-state index is -1.05. The molecule has 2 aliphatic rings. The molecular weight excluding hydrogens is 354 g/mol. The van der Waals surface area contributed by atoms with Crippen molar-refractivity contribution in [3.63, 3.8) is 0 Å². The summed E-state index contributed by atoms with van der Waals surface area (Å²) in [5.74, 6) is -0.0431. The largest absolute Gasteiger partial charge is 0.490 e. The molecule has 28 heavy (non-hydrogen) atoms. The maximum absolute atomic E-state index is 11.7. The second kappa shape index (κ2) is 6.93. The molecular formula is C22H23N3O3. The van der Waals surface area contributed by atoms with Crippen molar-refractivity contribution < 1.29 is 14.6 Å². The van der Waals surface area contributed by atoms with Gasteiger partial charge in [-0.1, -0.05) is 24.6 Å². The van der Waals surface area contributed by atoms with Gasteiger partial charge in [0.2, 0.25) is 0 Å². The maximum Gasteiger partial charge on any atom is 0.354 e. The first-order valence-electron chi connectivity index (χ1n) is 10.1. The quantitative estimate of drug-likeness (QED) is 0.697. The van der Waals surface area contributed by atoms with E-state index in [0.29, 0.717) is 17.3 Å². The number of hydrogen-bond acceptors (Lipinski definition) is 4. The number of fused-ring (bicyclic) bond motifs is 1. The van der Waals surface area contributed by atoms with Crippen LogP contribution in [0.1, 0.15) is 67.0 Å². The van der Waals surface area contributed by atoms with E-state index in [2.05, 4.69) is 4.98 Å². The van der Waals surface area contributed by atoms with Gasteiger partial charge < -0.3 is 9.84 Å². The number of aromatic carboxylic acids is 1. The highest BCUT2D eigenvalue weighted by Gasteiger charge is 2.30. The Kier molecular flexibility index (Phi) is 4.26. The summed E-state index contributed by atoms with van der Waals surface area (Å²) >= 11 is 0. The van der Waals surface area contributed by atoms with Gasteiger partial charge in [0.1, 0.15) is 5.75 Å². The van der Waals surface area contributed by atoms with Crippen LogP contribution in [0, 0.1) is 0 Å². The SMILES string of the molecule is O=C(O)c1cc(OC2CCCC2)c2c(C3CCC3)nn(-c3ccccc3)c2n1. The molecule has 144 valence electrons. The van der Waals surface area contributed by atoms with Crippen LogP contribution in [-0.2, 0) is 0 Å². The van der Waals surface area contributed by atoms with Gasteiger partial charge in [-0.3, -0.25) is 0 Å². The van der Waals surface area contributed by atoms with Gasteiger partial charge in [-0.25, -0.2) is 14.5 Å². The predicted molar refractivity (Wildman–Crippen MR) is 105 cm³/mol. The topological polar surface area (TPSA) is 77.2 Å². The second-order valence-corrected chi connectivity index (χ2v) is 7.79. The van der Waals surface area contributed by atoms with Gasteiger partial charge in [-0.2, -0.15) is 5.10 Å². The Hall–Kier alpha value is -2.89. The third kappa shape index (κ3) is 2.93. The molecule has 0 aliphatic heterocycles. The smallest absolute Gasteiger partial charge is 0.354 e. The third-order valence-electron chi connectivity index (χ3n) is 5.94. The molecule has 0 saturated heterocycles. The molecule has 2 aliphatic carbocycles. The second-order valence-electron chi connectivity index (χ2n) is 7.79. The van der Waals surface area contributed by atoms with Crippen molar-refractivity contribution in [2.24, 2.45) is 0 Å². The monoisotopic (exact) mass is 377 g/mol. The number of benzene rings is 1. The Balaban J connectivity index is 1.74. The number of nitrogens with zero attached hydrogens (tertiary/aromatic N) is 3. The summed E-state index contributed by atoms with van der Waals surface area (Å²) in [5.41, 5.74) is 2.43. The van der Waals surface area contributed by atoms with Crippen LogP contribution in [0.25, 0.3) is 16.7 Å². The minimum absolute atomic E-state index is 0.00209. The van der Waals surface area contributed by atoms with Crippen LogP contribution in [0.4, 0.5) is 0 Å². The maximum atomic E-state index is 11.7. The van der Waals surface area contributed by atoms with E-state index in [-0.39, 0.29) is 11.8 Å². The van der Waals surface area contributed by atoms with E-state index < -0.39 is 5.97 Å². The van der Waals surface area contributed by atoms with E-state index in [1.54, 1.807) is 10.7 Å². The lowest BCUT2D eigenvalue weighted by molar-refractivity contribution is 0.0690. The van der Waals surface area contributed by atoms with E-state index in [1.807, 2.05) is 30.3 Å². The lowest BCUT2D eigenvalue weighted by atomic mass is 9.82. The molecule has 0 atom stereocenters. The summed E-state index contributed by atoms with van der Waals surface area (Å²) < 4.78 is 8.11. The van der Waals surface area contributed by atoms with Gasteiger partial charge in [0.25, 0.3) is 0 Å². The van der Waals surface area contributed by atoms with Gasteiger partial charge >= 0.3 is 5.97 Å². The molecule has 3 aromatic rings. The normalized spacial score (nSPS) is 17.7. The molecule has 2 saturated carbocycles. The zero-order chi connectivity index (χ0) is 19.1. The van der Waals surface area contributed by atoms with Crippen LogP contribution in [0.5, 0.6) is 5.75 Å². The molecule has 6 nitrogen and oxygen atoms in total. The first-order chi connectivity index (χ1) is 13.7. The van der Waals surface area contributed by atoms with Crippen LogP contribution >= 0.6 is 0 Å². The van der Waals surface area contributed by atoms with E-state index in [0.717, 1.165) is 55.3 Å². The molecule has 1 aromatic carbocycles. The van der Waals surface area contributed by atoms with Crippen molar-refractivity contribution in [3.05, 3.63) is 47.8 Å². The summed E-state index contributed by atoms with van der Waals surface area (Å²) in [6.07, 6.45) is 7.88. The third-order valence-corrected chi connectivity index (χ3v) is 5.94. The molecule has 5 rings (SSSR count). The Morgan fingerprint density at radius 3 is 2.46 bits per heavy atom. The zero-order valence-electron chi connectivity index (χ0n) is 15.7. The van der Waals surface area contributed by atoms with Crippen LogP contribution in [0.3, 0.4) is 0 Å². The zero-order valence-corrected chi connectivity index (χ0v) is 15.7. The van der Waals surface area contributed by atoms with E-state index in [1.165, 1.54) is 6.42 Å². The molecule has 0 radical (unpaired) electrons. The van der Waals surface area contributed by atoms with Crippen LogP contribution < -0.4 is 4.74 Å². The number of ether oxygens (including phenoxy) is 1. The van der Waals surface area contributed by atoms with Gasteiger partial charge in [-0.15, -0.1) is 0 Å². The molecule has 2 fully saturated rings. The summed E-state index contributed by atoms with van der Waals surface area (Å²) in [6.45, 7) is 0. The highest BCUT2D eigenvalue weighted by atomic mass is 16.5. The highest BCUT2D eigenvalue weighted by Crippen LogP contribution is 2.43. The van der Waals surface area contributed by atoms with Crippen molar-refractivity contribution in [2.75, 3.05) is 0 Å². The van der Waals surface area contributed by atoms with Gasteiger partial charge in [-0.05, 0) is 50.7 Å². The van der Waals surface area contributed by atoms with E-state index in [9.17, 15) is 9.90 Å². The number of para-hydroxylation sites is 1. The van der Waals surface area contributed by atoms with Crippen molar-refractivity contribution in [1.82, 2.24) is 14.8 Å². The first kappa shape index (κ1) is 17.2. The van der Waals surface area contributed by atoms with Crippen molar-refractivity contribution in [2.45, 2.75) is 57.0 Å². The molecule has 0 unspecified atom stereocenters. The number of hydrogen-bond donors (Lipinski definition) is 1. The Bertz CT molecular complexity index is 1020. The molecule has 2 aromatic heterocycles. The van der Waals surface area contributed by atoms with Gasteiger partial charge in [0.05, 0.1) is 22.9 Å². The van der Waals surface area contributed by atoms with E-state index >= 15 is 0 Å². The Morgan fingerprint density at radius 1 is 1.07 bits per heavy atom. The number of carboxylic acids is 1. The van der Waals surface area contributed by atoms with Crippen LogP contribution in [-0.4, -0.2) is 31.9 Å². The lowest BCUT2D eigenvalue weighted by Crippen LogP contribution is -2.14. The van der Waals surface area contributed by atoms with Gasteiger partial charge in [0.15, 0.2) is 11.3 Å². The summed E-state index contributed by atoms with van der Waals surface area (Å²) in [5, 5.41) is 15.4. The number of carboxylic acid groups (broad SMARTS) is 1. The highest BCUT2D eigenvalue weighted by molar-refractivity contribution is 5.94. The summed E-state index contributed by atoms with van der Waals surface area (Å²) in [6, 6.07) is 11.4. The van der Waals surface area contributed by atoms with Crippen molar-refractivity contribution in [3.8, 4) is 11.4 Å². The molecule has 6 heteroatoms. The molecule has 1 N–H and O–H groups in total. The number of rotatable bonds is 5. The van der Waals surface area contributed by atoms with Crippen molar-refractivity contribution in [1.29, 1.82) is 0 Å². The fourth-order valence-electron chi connectivity index (χ4n) is 4.21. The fraction of sp³-hybridized carbons (Fsp3) is 0.409. The van der Waals surface area contributed by atoms with Gasteiger partial charge in [0, 0.05) is 12.0 Å².